The predicted molar refractivity (Wildman–Crippen MR) is 74.9 cm³/mol. The Bertz CT molecular complexity index is 537. The topological polar surface area (TPSA) is 46.4 Å². The van der Waals surface area contributed by atoms with E-state index in [9.17, 15) is 23.3 Å². The summed E-state index contributed by atoms with van der Waals surface area (Å²) in [5.74, 6) is -1.31. The fourth-order valence-electron chi connectivity index (χ4n) is 2.52. The molecular weight excluding hydrogens is 353 g/mol. The highest BCUT2D eigenvalue weighted by atomic mass is 79.9. The number of hydrogen-bond acceptors (Lipinski definition) is 3. The van der Waals surface area contributed by atoms with Crippen LogP contribution in [0.25, 0.3) is 0 Å². The maximum Gasteiger partial charge on any atom is 0.393 e. The van der Waals surface area contributed by atoms with Gasteiger partial charge in [0, 0.05) is 19.2 Å². The molecule has 0 spiro atoms. The van der Waals surface area contributed by atoms with Crippen LogP contribution in [0.5, 0.6) is 0 Å². The summed E-state index contributed by atoms with van der Waals surface area (Å²) in [6.07, 6.45) is -3.53. The predicted octanol–water partition coefficient (Wildman–Crippen LogP) is 4.13. The van der Waals surface area contributed by atoms with Gasteiger partial charge in [-0.3, -0.25) is 15.0 Å². The fourth-order valence-corrected chi connectivity index (χ4v) is 2.91. The molecule has 21 heavy (non-hydrogen) atoms. The first-order valence-corrected chi connectivity index (χ1v) is 7.28. The van der Waals surface area contributed by atoms with Crippen LogP contribution in [0.1, 0.15) is 18.4 Å². The largest absolute Gasteiger partial charge is 0.393 e. The summed E-state index contributed by atoms with van der Waals surface area (Å²) in [4.78, 5) is 12.1. The Hall–Kier alpha value is -1.15. The van der Waals surface area contributed by atoms with E-state index in [0.717, 1.165) is 0 Å². The van der Waals surface area contributed by atoms with Gasteiger partial charge in [0.1, 0.15) is 0 Å². The lowest BCUT2D eigenvalue weighted by Gasteiger charge is -2.33. The van der Waals surface area contributed by atoms with Gasteiger partial charge in [0.2, 0.25) is 0 Å². The van der Waals surface area contributed by atoms with E-state index in [1.807, 2.05) is 0 Å². The highest BCUT2D eigenvalue weighted by molar-refractivity contribution is 9.10. The van der Waals surface area contributed by atoms with Gasteiger partial charge in [-0.2, -0.15) is 13.2 Å². The van der Waals surface area contributed by atoms with Crippen LogP contribution in [0.15, 0.2) is 22.7 Å². The first-order chi connectivity index (χ1) is 9.77. The van der Waals surface area contributed by atoms with Crippen molar-refractivity contribution in [3.63, 3.8) is 0 Å². The quantitative estimate of drug-likeness (QED) is 0.596. The fraction of sp³-hybridized carbons (Fsp3) is 0.538. The van der Waals surface area contributed by atoms with Gasteiger partial charge >= 0.3 is 6.18 Å². The summed E-state index contributed by atoms with van der Waals surface area (Å²) in [5.41, 5.74) is 0.574. The molecule has 0 aromatic heterocycles. The molecule has 1 aromatic rings. The molecule has 1 fully saturated rings. The van der Waals surface area contributed by atoms with Crippen LogP contribution in [-0.2, 0) is 6.54 Å². The molecule has 1 saturated heterocycles. The van der Waals surface area contributed by atoms with Gasteiger partial charge in [0.25, 0.3) is 5.69 Å². The van der Waals surface area contributed by atoms with E-state index in [1.165, 1.54) is 6.07 Å². The van der Waals surface area contributed by atoms with Crippen molar-refractivity contribution in [1.82, 2.24) is 4.90 Å². The van der Waals surface area contributed by atoms with E-state index in [4.69, 9.17) is 0 Å². The van der Waals surface area contributed by atoms with Crippen molar-refractivity contribution in [3.05, 3.63) is 38.3 Å². The first kappa shape index (κ1) is 16.2. The van der Waals surface area contributed by atoms with Gasteiger partial charge < -0.3 is 0 Å². The molecule has 1 aromatic carbocycles. The van der Waals surface area contributed by atoms with Crippen LogP contribution >= 0.6 is 15.9 Å². The van der Waals surface area contributed by atoms with Gasteiger partial charge in [0.15, 0.2) is 0 Å². The molecule has 1 aliphatic rings. The van der Waals surface area contributed by atoms with Crippen LogP contribution in [-0.4, -0.2) is 29.1 Å². The number of nitro benzene ring substituents is 1. The smallest absolute Gasteiger partial charge is 0.298 e. The molecule has 0 amide bonds. The van der Waals surface area contributed by atoms with Crippen LogP contribution in [0.3, 0.4) is 0 Å². The lowest BCUT2D eigenvalue weighted by molar-refractivity contribution is -0.385. The second-order valence-electron chi connectivity index (χ2n) is 5.16. The normalized spacial score (nSPS) is 20.5. The van der Waals surface area contributed by atoms with Crippen molar-refractivity contribution in [1.29, 1.82) is 0 Å². The Morgan fingerprint density at radius 2 is 2.14 bits per heavy atom. The summed E-state index contributed by atoms with van der Waals surface area (Å²) >= 11 is 3.09. The second-order valence-corrected chi connectivity index (χ2v) is 6.01. The maximum absolute atomic E-state index is 12.8. The van der Waals surface area contributed by atoms with Gasteiger partial charge in [-0.15, -0.1) is 0 Å². The number of benzene rings is 1. The average molecular weight is 367 g/mol. The third kappa shape index (κ3) is 4.16. The molecule has 1 aliphatic heterocycles. The molecule has 8 heteroatoms. The highest BCUT2D eigenvalue weighted by Crippen LogP contribution is 2.34. The molecule has 1 atom stereocenters. The van der Waals surface area contributed by atoms with Gasteiger partial charge in [-0.05, 0) is 46.9 Å². The molecule has 0 aliphatic carbocycles. The van der Waals surface area contributed by atoms with Gasteiger partial charge in [0.05, 0.1) is 15.3 Å². The summed E-state index contributed by atoms with van der Waals surface area (Å²) in [6.45, 7) is 0.824. The number of hydrogen-bond donors (Lipinski definition) is 0. The number of nitro groups is 1. The Kier molecular flexibility index (Phi) is 4.88. The monoisotopic (exact) mass is 366 g/mol. The summed E-state index contributed by atoms with van der Waals surface area (Å²) in [7, 11) is 0. The Morgan fingerprint density at radius 1 is 1.43 bits per heavy atom. The third-order valence-electron chi connectivity index (χ3n) is 3.58. The molecule has 0 saturated carbocycles. The molecular formula is C13H14BrF3N2O2. The minimum absolute atomic E-state index is 0.0483. The second kappa shape index (κ2) is 6.31. The molecule has 116 valence electrons. The molecule has 2 rings (SSSR count). The van der Waals surface area contributed by atoms with Crippen molar-refractivity contribution < 1.29 is 18.1 Å². The van der Waals surface area contributed by atoms with Crippen LogP contribution in [0.2, 0.25) is 0 Å². The molecule has 0 bridgehead atoms. The zero-order valence-electron chi connectivity index (χ0n) is 11.1. The number of halogens is 4. The zero-order valence-corrected chi connectivity index (χ0v) is 12.7. The van der Waals surface area contributed by atoms with Crippen LogP contribution < -0.4 is 0 Å². The summed E-state index contributed by atoms with van der Waals surface area (Å²) in [5, 5.41) is 10.9. The number of rotatable bonds is 3. The number of likely N-dealkylation sites (tertiary alicyclic amines) is 1. The highest BCUT2D eigenvalue weighted by Gasteiger charge is 2.41. The minimum Gasteiger partial charge on any atom is -0.298 e. The number of nitrogens with zero attached hydrogens (tertiary/aromatic N) is 2. The molecule has 4 nitrogen and oxygen atoms in total. The molecule has 0 N–H and O–H groups in total. The number of piperidine rings is 1. The van der Waals surface area contributed by atoms with Crippen molar-refractivity contribution in [2.45, 2.75) is 25.6 Å². The summed E-state index contributed by atoms with van der Waals surface area (Å²) < 4.78 is 38.6. The lowest BCUT2D eigenvalue weighted by atomic mass is 9.97. The first-order valence-electron chi connectivity index (χ1n) is 6.49. The molecule has 1 heterocycles. The summed E-state index contributed by atoms with van der Waals surface area (Å²) in [6, 6.07) is 4.65. The van der Waals surface area contributed by atoms with E-state index in [2.05, 4.69) is 15.9 Å². The van der Waals surface area contributed by atoms with Crippen molar-refractivity contribution in [2.75, 3.05) is 13.1 Å². The minimum atomic E-state index is -4.18. The lowest BCUT2D eigenvalue weighted by Crippen LogP contribution is -2.41. The molecule has 1 unspecified atom stereocenters. The van der Waals surface area contributed by atoms with Crippen LogP contribution in [0, 0.1) is 16.0 Å². The van der Waals surface area contributed by atoms with E-state index < -0.39 is 17.0 Å². The molecule has 0 radical (unpaired) electrons. The van der Waals surface area contributed by atoms with E-state index >= 15 is 0 Å². The Balaban J connectivity index is 2.08. The maximum atomic E-state index is 12.8. The zero-order chi connectivity index (χ0) is 15.6. The number of alkyl halides is 3. The Morgan fingerprint density at radius 3 is 2.76 bits per heavy atom. The van der Waals surface area contributed by atoms with E-state index in [1.54, 1.807) is 17.0 Å². The third-order valence-corrected chi connectivity index (χ3v) is 4.25. The standard InChI is InChI=1S/C13H14BrF3N2O2/c14-11-4-3-9(6-12(11)19(20)21)7-18-5-1-2-10(8-18)13(15,16)17/h3-4,6,10H,1-2,5,7-8H2. The SMILES string of the molecule is O=[N+]([O-])c1cc(CN2CCCC(C(F)(F)F)C2)ccc1Br. The van der Waals surface area contributed by atoms with Crippen LogP contribution in [0.4, 0.5) is 18.9 Å². The average Bonchev–Trinajstić information content (AvgIpc) is 2.40. The Labute approximate surface area is 128 Å². The van der Waals surface area contributed by atoms with Crippen molar-refractivity contribution >= 4 is 21.6 Å². The van der Waals surface area contributed by atoms with Crippen molar-refractivity contribution in [3.8, 4) is 0 Å². The van der Waals surface area contributed by atoms with Gasteiger partial charge in [-0.25, -0.2) is 0 Å². The van der Waals surface area contributed by atoms with Crippen molar-refractivity contribution in [2.24, 2.45) is 5.92 Å². The van der Waals surface area contributed by atoms with E-state index in [-0.39, 0.29) is 18.7 Å². The van der Waals surface area contributed by atoms with E-state index in [0.29, 0.717) is 29.5 Å². The van der Waals surface area contributed by atoms with Gasteiger partial charge in [-0.1, -0.05) is 6.07 Å².